The van der Waals surface area contributed by atoms with Crippen molar-refractivity contribution >= 4 is 46.7 Å². The number of piperidine rings is 1. The number of fused-ring (bicyclic) bond motifs is 1. The van der Waals surface area contributed by atoms with Crippen molar-refractivity contribution in [2.75, 3.05) is 32.0 Å². The number of nitrogens with one attached hydrogen (secondary N) is 4. The van der Waals surface area contributed by atoms with Crippen molar-refractivity contribution in [1.82, 2.24) is 20.9 Å². The largest absolute Gasteiger partial charge is 0.416 e. The predicted octanol–water partition coefficient (Wildman–Crippen LogP) is 1.58. The fourth-order valence-electron chi connectivity index (χ4n) is 5.87. The molecular formula is C26H31ClF3N5O5. The van der Waals surface area contributed by atoms with E-state index in [0.717, 1.165) is 18.2 Å². The van der Waals surface area contributed by atoms with Gasteiger partial charge in [-0.3, -0.25) is 24.0 Å². The maximum absolute atomic E-state index is 13.6. The summed E-state index contributed by atoms with van der Waals surface area (Å²) in [5.74, 6) is -3.89. The molecule has 4 rings (SSSR count). The van der Waals surface area contributed by atoms with E-state index in [4.69, 9.17) is 11.6 Å². The van der Waals surface area contributed by atoms with Gasteiger partial charge in [-0.25, -0.2) is 0 Å². The minimum Gasteiger partial charge on any atom is -0.375 e. The molecule has 2 aliphatic heterocycles. The molecule has 1 aromatic carbocycles. The van der Waals surface area contributed by atoms with Crippen molar-refractivity contribution in [2.45, 2.75) is 44.9 Å². The van der Waals surface area contributed by atoms with Gasteiger partial charge < -0.3 is 26.2 Å². The van der Waals surface area contributed by atoms with E-state index in [1.807, 2.05) is 13.8 Å². The second-order valence-electron chi connectivity index (χ2n) is 11.0. The van der Waals surface area contributed by atoms with Crippen molar-refractivity contribution in [1.29, 1.82) is 0 Å². The number of carbonyl (C=O) groups excluding carboxylic acids is 5. The number of benzene rings is 1. The summed E-state index contributed by atoms with van der Waals surface area (Å²) in [6.07, 6.45) is -4.17. The zero-order valence-electron chi connectivity index (χ0n) is 22.2. The Hall–Kier alpha value is -3.35. The highest BCUT2D eigenvalue weighted by Crippen LogP contribution is 2.64. The molecule has 2 heterocycles. The fourth-order valence-corrected chi connectivity index (χ4v) is 6.12. The van der Waals surface area contributed by atoms with Crippen LogP contribution in [0.2, 0.25) is 5.02 Å². The van der Waals surface area contributed by atoms with Crippen molar-refractivity contribution in [3.8, 4) is 0 Å². The third-order valence-corrected chi connectivity index (χ3v) is 8.60. The summed E-state index contributed by atoms with van der Waals surface area (Å²) in [4.78, 5) is 65.2. The van der Waals surface area contributed by atoms with Crippen molar-refractivity contribution in [3.05, 3.63) is 28.8 Å². The number of carbonyl (C=O) groups is 5. The van der Waals surface area contributed by atoms with Crippen LogP contribution < -0.4 is 21.3 Å². The maximum atomic E-state index is 13.6. The Morgan fingerprint density at radius 2 is 1.93 bits per heavy atom. The molecule has 3 fully saturated rings. The van der Waals surface area contributed by atoms with Crippen molar-refractivity contribution in [2.24, 2.45) is 23.2 Å². The first-order valence-electron chi connectivity index (χ1n) is 12.9. The molecular weight excluding hydrogens is 555 g/mol. The van der Waals surface area contributed by atoms with Crippen LogP contribution in [0.4, 0.5) is 18.9 Å². The average molecular weight is 586 g/mol. The molecule has 1 aliphatic carbocycles. The molecule has 1 aromatic rings. The van der Waals surface area contributed by atoms with Crippen LogP contribution >= 0.6 is 11.6 Å². The molecule has 0 unspecified atom stereocenters. The zero-order chi connectivity index (χ0) is 29.6. The second kappa shape index (κ2) is 10.9. The highest BCUT2D eigenvalue weighted by atomic mass is 35.5. The first kappa shape index (κ1) is 29.6. The number of likely N-dealkylation sites (N-methyl/N-ethyl adjacent to an activating group) is 1. The van der Waals surface area contributed by atoms with Crippen LogP contribution in [0.25, 0.3) is 0 Å². The van der Waals surface area contributed by atoms with Crippen LogP contribution in [0.5, 0.6) is 0 Å². The van der Waals surface area contributed by atoms with Gasteiger partial charge in [-0.2, -0.15) is 13.2 Å². The van der Waals surface area contributed by atoms with Gasteiger partial charge >= 0.3 is 6.18 Å². The topological polar surface area (TPSA) is 137 Å². The molecule has 0 aromatic heterocycles. The Morgan fingerprint density at radius 3 is 2.50 bits per heavy atom. The summed E-state index contributed by atoms with van der Waals surface area (Å²) in [6, 6.07) is 0.530. The lowest BCUT2D eigenvalue weighted by atomic mass is 9.94. The quantitative estimate of drug-likeness (QED) is 0.325. The number of likely N-dealkylation sites (tertiary alicyclic amines) is 1. The molecule has 0 spiro atoms. The molecule has 10 nitrogen and oxygen atoms in total. The van der Waals surface area contributed by atoms with Gasteiger partial charge in [-0.05, 0) is 48.3 Å². The van der Waals surface area contributed by atoms with Gasteiger partial charge in [0, 0.05) is 26.1 Å². The standard InChI is InChI=1S/C26H31ClF3N5O5/c1-25(2)14-11-35(18(36)10-33-16-5-4-13(9-15(16)27)26(28,29)30)20(19(14)25)23(39)34-17(21(37)24(40)31-3)8-12-6-7-32-22(12)38/h4-5,9,12,14,17,19-20,33H,6-8,10-11H2,1-3H3,(H,31,40)(H,32,38)(H,34,39)/t12-,14-,17-,19-,20-/m0/s1. The third kappa shape index (κ3) is 5.74. The predicted molar refractivity (Wildman–Crippen MR) is 138 cm³/mol. The van der Waals surface area contributed by atoms with E-state index in [9.17, 15) is 37.1 Å². The number of rotatable bonds is 9. The molecule has 0 radical (unpaired) electrons. The van der Waals surface area contributed by atoms with E-state index >= 15 is 0 Å². The molecule has 40 heavy (non-hydrogen) atoms. The Labute approximate surface area is 233 Å². The minimum absolute atomic E-state index is 0.0237. The van der Waals surface area contributed by atoms with Crippen molar-refractivity contribution < 1.29 is 37.1 Å². The van der Waals surface area contributed by atoms with E-state index < -0.39 is 53.2 Å². The van der Waals surface area contributed by atoms with E-state index in [-0.39, 0.29) is 53.4 Å². The Morgan fingerprint density at radius 1 is 1.23 bits per heavy atom. The number of alkyl halides is 3. The van der Waals surface area contributed by atoms with Gasteiger partial charge in [0.15, 0.2) is 0 Å². The summed E-state index contributed by atoms with van der Waals surface area (Å²) < 4.78 is 38.8. The molecule has 0 bridgehead atoms. The molecule has 4 amide bonds. The van der Waals surface area contributed by atoms with E-state index in [1.165, 1.54) is 11.9 Å². The highest BCUT2D eigenvalue weighted by molar-refractivity contribution is 6.38. The number of ketones is 1. The van der Waals surface area contributed by atoms with Crippen LogP contribution in [0.15, 0.2) is 18.2 Å². The molecule has 218 valence electrons. The molecule has 5 atom stereocenters. The van der Waals surface area contributed by atoms with Gasteiger partial charge in [0.25, 0.3) is 5.91 Å². The van der Waals surface area contributed by atoms with E-state index in [2.05, 4.69) is 21.3 Å². The van der Waals surface area contributed by atoms with Crippen LogP contribution in [-0.2, 0) is 30.1 Å². The monoisotopic (exact) mass is 585 g/mol. The molecule has 1 saturated carbocycles. The van der Waals surface area contributed by atoms with Crippen LogP contribution in [0, 0.1) is 23.2 Å². The Bertz CT molecular complexity index is 1240. The minimum atomic E-state index is -4.57. The number of halogens is 4. The second-order valence-corrected chi connectivity index (χ2v) is 11.4. The number of hydrogen-bond acceptors (Lipinski definition) is 6. The third-order valence-electron chi connectivity index (χ3n) is 8.29. The Balaban J connectivity index is 1.48. The molecule has 14 heteroatoms. The number of Topliss-reactive ketones (excluding diaryl/α,β-unsaturated/α-hetero) is 1. The van der Waals surface area contributed by atoms with Crippen LogP contribution in [-0.4, -0.2) is 73.1 Å². The molecule has 2 saturated heterocycles. The first-order valence-corrected chi connectivity index (χ1v) is 13.3. The average Bonchev–Trinajstić information content (AvgIpc) is 3.24. The van der Waals surface area contributed by atoms with Crippen LogP contribution in [0.1, 0.15) is 32.3 Å². The lowest BCUT2D eigenvalue weighted by molar-refractivity contribution is -0.143. The smallest absolute Gasteiger partial charge is 0.375 e. The van der Waals surface area contributed by atoms with Crippen LogP contribution in [0.3, 0.4) is 0 Å². The van der Waals surface area contributed by atoms with Gasteiger partial charge in [0.05, 0.1) is 28.9 Å². The summed E-state index contributed by atoms with van der Waals surface area (Å²) >= 11 is 5.99. The maximum Gasteiger partial charge on any atom is 0.416 e. The van der Waals surface area contributed by atoms with E-state index in [1.54, 1.807) is 0 Å². The molecule has 4 N–H and O–H groups in total. The lowest BCUT2D eigenvalue weighted by Crippen LogP contribution is -2.56. The summed E-state index contributed by atoms with van der Waals surface area (Å²) in [5, 5.41) is 10.1. The first-order chi connectivity index (χ1) is 18.7. The highest BCUT2D eigenvalue weighted by Gasteiger charge is 2.69. The van der Waals surface area contributed by atoms with Gasteiger partial charge in [0.2, 0.25) is 23.5 Å². The van der Waals surface area contributed by atoms with Gasteiger partial charge in [-0.15, -0.1) is 0 Å². The van der Waals surface area contributed by atoms with Gasteiger partial charge in [-0.1, -0.05) is 25.4 Å². The lowest BCUT2D eigenvalue weighted by Gasteiger charge is -2.31. The van der Waals surface area contributed by atoms with Crippen molar-refractivity contribution in [3.63, 3.8) is 0 Å². The SMILES string of the molecule is CNC(=O)C(=O)[C@H](C[C@@H]1CCNC1=O)NC(=O)[C@@H]1[C@@H]2[C@H](CN1C(=O)CNc1ccc(C(F)(F)F)cc1Cl)C2(C)C. The number of hydrogen-bond donors (Lipinski definition) is 4. The van der Waals surface area contributed by atoms with E-state index in [0.29, 0.717) is 13.0 Å². The number of amides is 4. The Kier molecular flexibility index (Phi) is 8.08. The zero-order valence-corrected chi connectivity index (χ0v) is 22.9. The molecule has 3 aliphatic rings. The summed E-state index contributed by atoms with van der Waals surface area (Å²) in [5.41, 5.74) is -1.04. The fraction of sp³-hybridized carbons (Fsp3) is 0.577. The number of anilines is 1. The number of nitrogens with zero attached hydrogens (tertiary/aromatic N) is 1. The van der Waals surface area contributed by atoms with Gasteiger partial charge in [0.1, 0.15) is 6.04 Å². The summed E-state index contributed by atoms with van der Waals surface area (Å²) in [6.45, 7) is 4.31. The normalized spacial score (nSPS) is 25.5. The summed E-state index contributed by atoms with van der Waals surface area (Å²) in [7, 11) is 1.28.